The average molecular weight is 251 g/mol. The molecule has 18 heavy (non-hydrogen) atoms. The van der Waals surface area contributed by atoms with Crippen LogP contribution < -0.4 is 5.48 Å². The van der Waals surface area contributed by atoms with Crippen molar-refractivity contribution >= 4 is 5.91 Å². The maximum Gasteiger partial charge on any atom is 0.252 e. The van der Waals surface area contributed by atoms with Gasteiger partial charge in [0.2, 0.25) is 0 Å². The van der Waals surface area contributed by atoms with E-state index < -0.39 is 0 Å². The van der Waals surface area contributed by atoms with E-state index in [1.54, 1.807) is 6.20 Å². The lowest BCUT2D eigenvalue weighted by Crippen LogP contribution is -2.35. The Balaban J connectivity index is 1.60. The van der Waals surface area contributed by atoms with Crippen molar-refractivity contribution in [3.05, 3.63) is 17.5 Å². The monoisotopic (exact) mass is 251 g/mol. The molecular weight excluding hydrogens is 234 g/mol. The number of fused-ring (bicyclic) bond motifs is 1. The van der Waals surface area contributed by atoms with Crippen molar-refractivity contribution in [2.75, 3.05) is 13.2 Å². The zero-order valence-electron chi connectivity index (χ0n) is 10.1. The van der Waals surface area contributed by atoms with Crippen LogP contribution in [-0.4, -0.2) is 35.4 Å². The average Bonchev–Trinajstić information content (AvgIpc) is 3.05. The summed E-state index contributed by atoms with van der Waals surface area (Å²) in [6.45, 7) is 1.26. The molecule has 2 heterocycles. The fraction of sp³-hybridized carbons (Fsp3) is 0.667. The highest BCUT2D eigenvalue weighted by atomic mass is 16.7. The SMILES string of the molecule is O=C(NOC1CCOC1)C1CCCc2cn[nH]c21. The lowest BCUT2D eigenvalue weighted by molar-refractivity contribution is -0.140. The van der Waals surface area contributed by atoms with Gasteiger partial charge in [-0.25, -0.2) is 5.48 Å². The number of amides is 1. The van der Waals surface area contributed by atoms with Gasteiger partial charge < -0.3 is 4.74 Å². The molecule has 2 unspecified atom stereocenters. The minimum atomic E-state index is -0.168. The summed E-state index contributed by atoms with van der Waals surface area (Å²) in [5, 5.41) is 6.93. The summed E-state index contributed by atoms with van der Waals surface area (Å²) >= 11 is 0. The summed E-state index contributed by atoms with van der Waals surface area (Å²) < 4.78 is 5.19. The molecule has 2 N–H and O–H groups in total. The van der Waals surface area contributed by atoms with E-state index in [0.717, 1.165) is 36.9 Å². The second kappa shape index (κ2) is 5.07. The van der Waals surface area contributed by atoms with Gasteiger partial charge in [-0.15, -0.1) is 0 Å². The van der Waals surface area contributed by atoms with Gasteiger partial charge >= 0.3 is 0 Å². The molecule has 0 saturated carbocycles. The zero-order valence-corrected chi connectivity index (χ0v) is 10.1. The van der Waals surface area contributed by atoms with Crippen LogP contribution in [0.2, 0.25) is 0 Å². The molecule has 0 spiro atoms. The number of H-pyrrole nitrogens is 1. The van der Waals surface area contributed by atoms with Gasteiger partial charge in [0.15, 0.2) is 0 Å². The molecule has 98 valence electrons. The summed E-state index contributed by atoms with van der Waals surface area (Å²) in [4.78, 5) is 17.4. The van der Waals surface area contributed by atoms with Crippen molar-refractivity contribution in [1.82, 2.24) is 15.7 Å². The van der Waals surface area contributed by atoms with E-state index in [4.69, 9.17) is 9.57 Å². The van der Waals surface area contributed by atoms with Crippen LogP contribution in [0.25, 0.3) is 0 Å². The Hall–Kier alpha value is -1.40. The van der Waals surface area contributed by atoms with E-state index in [9.17, 15) is 4.79 Å². The van der Waals surface area contributed by atoms with Crippen LogP contribution in [0.4, 0.5) is 0 Å². The fourth-order valence-electron chi connectivity index (χ4n) is 2.54. The second-order valence-corrected chi connectivity index (χ2v) is 4.82. The smallest absolute Gasteiger partial charge is 0.252 e. The first-order valence-electron chi connectivity index (χ1n) is 6.40. The van der Waals surface area contributed by atoms with Crippen LogP contribution in [0.1, 0.15) is 36.4 Å². The first kappa shape index (κ1) is 11.7. The molecule has 1 aromatic rings. The van der Waals surface area contributed by atoms with Crippen molar-refractivity contribution in [1.29, 1.82) is 0 Å². The Kier molecular flexibility index (Phi) is 3.29. The van der Waals surface area contributed by atoms with Gasteiger partial charge in [-0.2, -0.15) is 5.10 Å². The van der Waals surface area contributed by atoms with Crippen LogP contribution in [-0.2, 0) is 20.8 Å². The Morgan fingerprint density at radius 1 is 1.56 bits per heavy atom. The molecule has 0 radical (unpaired) electrons. The minimum Gasteiger partial charge on any atom is -0.379 e. The number of aryl methyl sites for hydroxylation is 1. The number of rotatable bonds is 3. The maximum atomic E-state index is 12.1. The highest BCUT2D eigenvalue weighted by molar-refractivity contribution is 5.82. The number of hydrogen-bond donors (Lipinski definition) is 2. The lowest BCUT2D eigenvalue weighted by atomic mass is 9.88. The maximum absolute atomic E-state index is 12.1. The number of carbonyl (C=O) groups excluding carboxylic acids is 1. The number of aromatic nitrogens is 2. The highest BCUT2D eigenvalue weighted by Gasteiger charge is 2.29. The molecule has 3 rings (SSSR count). The summed E-state index contributed by atoms with van der Waals surface area (Å²) in [5.41, 5.74) is 4.64. The number of hydroxylamine groups is 1. The van der Waals surface area contributed by atoms with Crippen LogP contribution in [0.15, 0.2) is 6.20 Å². The molecule has 2 aliphatic rings. The number of nitrogens with one attached hydrogen (secondary N) is 2. The van der Waals surface area contributed by atoms with E-state index in [1.807, 2.05) is 0 Å². The Labute approximate surface area is 105 Å². The number of aromatic amines is 1. The van der Waals surface area contributed by atoms with E-state index >= 15 is 0 Å². The van der Waals surface area contributed by atoms with Crippen molar-refractivity contribution < 1.29 is 14.4 Å². The van der Waals surface area contributed by atoms with Gasteiger partial charge in [-0.3, -0.25) is 14.7 Å². The van der Waals surface area contributed by atoms with Crippen molar-refractivity contribution in [2.45, 2.75) is 37.7 Å². The third-order valence-electron chi connectivity index (χ3n) is 3.57. The molecule has 1 fully saturated rings. The molecule has 1 aliphatic carbocycles. The van der Waals surface area contributed by atoms with Gasteiger partial charge in [-0.05, 0) is 24.8 Å². The van der Waals surface area contributed by atoms with Gasteiger partial charge in [-0.1, -0.05) is 0 Å². The summed E-state index contributed by atoms with van der Waals surface area (Å²) in [7, 11) is 0. The van der Waals surface area contributed by atoms with E-state index in [2.05, 4.69) is 15.7 Å². The van der Waals surface area contributed by atoms with Crippen molar-refractivity contribution in [3.8, 4) is 0 Å². The molecule has 1 aliphatic heterocycles. The van der Waals surface area contributed by atoms with Crippen LogP contribution in [0.5, 0.6) is 0 Å². The number of ether oxygens (including phenoxy) is 1. The fourth-order valence-corrected chi connectivity index (χ4v) is 2.54. The molecule has 0 aromatic carbocycles. The molecule has 1 aromatic heterocycles. The molecule has 1 amide bonds. The molecule has 0 bridgehead atoms. The highest BCUT2D eigenvalue weighted by Crippen LogP contribution is 2.29. The van der Waals surface area contributed by atoms with Crippen LogP contribution in [0, 0.1) is 0 Å². The predicted octanol–water partition coefficient (Wildman–Crippen LogP) is 0.666. The van der Waals surface area contributed by atoms with E-state index in [-0.39, 0.29) is 17.9 Å². The standard InChI is InChI=1S/C12H17N3O3/c16-12(15-18-9-4-5-17-7-9)10-3-1-2-8-6-13-14-11(8)10/h6,9-10H,1-5,7H2,(H,13,14)(H,15,16). The third-order valence-corrected chi connectivity index (χ3v) is 3.57. The Morgan fingerprint density at radius 3 is 3.33 bits per heavy atom. The van der Waals surface area contributed by atoms with Crippen LogP contribution >= 0.6 is 0 Å². The molecule has 6 heteroatoms. The number of nitrogens with zero attached hydrogens (tertiary/aromatic N) is 1. The summed E-state index contributed by atoms with van der Waals surface area (Å²) in [6.07, 6.45) is 5.47. The molecule has 6 nitrogen and oxygen atoms in total. The first-order chi connectivity index (χ1) is 8.84. The second-order valence-electron chi connectivity index (χ2n) is 4.82. The molecular formula is C12H17N3O3. The van der Waals surface area contributed by atoms with E-state index in [0.29, 0.717) is 13.2 Å². The zero-order chi connectivity index (χ0) is 12.4. The van der Waals surface area contributed by atoms with Crippen molar-refractivity contribution in [3.63, 3.8) is 0 Å². The van der Waals surface area contributed by atoms with Gasteiger partial charge in [0.05, 0.1) is 24.4 Å². The number of hydrogen-bond acceptors (Lipinski definition) is 4. The molecule has 1 saturated heterocycles. The number of carbonyl (C=O) groups is 1. The van der Waals surface area contributed by atoms with Gasteiger partial charge in [0.1, 0.15) is 6.10 Å². The first-order valence-corrected chi connectivity index (χ1v) is 6.40. The van der Waals surface area contributed by atoms with E-state index in [1.165, 1.54) is 0 Å². The Morgan fingerprint density at radius 2 is 2.50 bits per heavy atom. The van der Waals surface area contributed by atoms with Gasteiger partial charge in [0.25, 0.3) is 5.91 Å². The van der Waals surface area contributed by atoms with Gasteiger partial charge in [0, 0.05) is 13.0 Å². The lowest BCUT2D eigenvalue weighted by Gasteiger charge is -2.21. The summed E-state index contributed by atoms with van der Waals surface area (Å²) in [5.74, 6) is -0.259. The normalized spacial score (nSPS) is 26.9. The van der Waals surface area contributed by atoms with Crippen LogP contribution in [0.3, 0.4) is 0 Å². The van der Waals surface area contributed by atoms with Crippen molar-refractivity contribution in [2.24, 2.45) is 0 Å². The third kappa shape index (κ3) is 2.26. The summed E-state index contributed by atoms with van der Waals surface area (Å²) in [6, 6.07) is 0. The minimum absolute atomic E-state index is 0.0150. The quantitative estimate of drug-likeness (QED) is 0.774. The largest absolute Gasteiger partial charge is 0.379 e. The predicted molar refractivity (Wildman–Crippen MR) is 62.7 cm³/mol. The Bertz CT molecular complexity index is 426. The topological polar surface area (TPSA) is 76.2 Å². The molecule has 2 atom stereocenters.